The number of ether oxygens (including phenoxy) is 3. The Hall–Kier alpha value is -3.68. The highest BCUT2D eigenvalue weighted by atomic mass is 16.5. The molecule has 1 fully saturated rings. The zero-order valence-electron chi connectivity index (χ0n) is 17.8. The summed E-state index contributed by atoms with van der Waals surface area (Å²) >= 11 is 0. The van der Waals surface area contributed by atoms with Crippen LogP contribution in [0.15, 0.2) is 36.4 Å². The van der Waals surface area contributed by atoms with Gasteiger partial charge in [-0.25, -0.2) is 0 Å². The highest BCUT2D eigenvalue weighted by molar-refractivity contribution is 6.14. The summed E-state index contributed by atoms with van der Waals surface area (Å²) < 4.78 is 16.0. The largest absolute Gasteiger partial charge is 0.497 e. The van der Waals surface area contributed by atoms with Crippen molar-refractivity contribution < 1.29 is 23.8 Å². The monoisotopic (exact) mass is 423 g/mol. The molecule has 1 aliphatic heterocycles. The molecule has 1 saturated heterocycles. The smallest absolute Gasteiger partial charge is 0.270 e. The number of anilines is 1. The number of benzene rings is 2. The lowest BCUT2D eigenvalue weighted by molar-refractivity contribution is -0.117. The van der Waals surface area contributed by atoms with Gasteiger partial charge in [0, 0.05) is 42.0 Å². The van der Waals surface area contributed by atoms with E-state index >= 15 is 0 Å². The zero-order chi connectivity index (χ0) is 22.0. The molecule has 0 aliphatic carbocycles. The standard InChI is InChI=1S/C23H25N3O5/c1-29-15-8-9-18-17(11-15)22(26-10-4-5-20(26)27)21(25-18)23(28)24-13-14-6-7-16(30-2)12-19(14)31-3/h6-9,11-12,25H,4-5,10,13H2,1-3H3,(H,24,28). The van der Waals surface area contributed by atoms with Gasteiger partial charge in [-0.1, -0.05) is 0 Å². The van der Waals surface area contributed by atoms with Crippen LogP contribution in [0.5, 0.6) is 17.2 Å². The molecule has 4 rings (SSSR count). The molecule has 0 unspecified atom stereocenters. The number of nitrogens with zero attached hydrogens (tertiary/aromatic N) is 1. The minimum atomic E-state index is -0.303. The third-order valence-electron chi connectivity index (χ3n) is 5.48. The molecule has 1 aliphatic rings. The fourth-order valence-electron chi connectivity index (χ4n) is 3.87. The maximum Gasteiger partial charge on any atom is 0.270 e. The van der Waals surface area contributed by atoms with Gasteiger partial charge in [0.05, 0.1) is 27.0 Å². The maximum absolute atomic E-state index is 13.2. The fraction of sp³-hybridized carbons (Fsp3) is 0.304. The number of carbonyl (C=O) groups excluding carboxylic acids is 2. The fourth-order valence-corrected chi connectivity index (χ4v) is 3.87. The average molecular weight is 423 g/mol. The molecule has 0 spiro atoms. The van der Waals surface area contributed by atoms with E-state index in [1.54, 1.807) is 32.3 Å². The van der Waals surface area contributed by atoms with Crippen molar-refractivity contribution >= 4 is 28.4 Å². The number of rotatable bonds is 7. The second-order valence-electron chi connectivity index (χ2n) is 7.27. The van der Waals surface area contributed by atoms with Gasteiger partial charge in [0.1, 0.15) is 22.9 Å². The minimum absolute atomic E-state index is 0.00888. The Labute approximate surface area is 180 Å². The molecule has 2 heterocycles. The molecule has 8 nitrogen and oxygen atoms in total. The van der Waals surface area contributed by atoms with Crippen LogP contribution >= 0.6 is 0 Å². The SMILES string of the molecule is COc1ccc(CNC(=O)c2[nH]c3ccc(OC)cc3c2N2CCCC2=O)c(OC)c1. The lowest BCUT2D eigenvalue weighted by Gasteiger charge is -2.17. The molecule has 31 heavy (non-hydrogen) atoms. The van der Waals surface area contributed by atoms with Crippen molar-refractivity contribution in [3.8, 4) is 17.2 Å². The van der Waals surface area contributed by atoms with E-state index in [0.29, 0.717) is 41.6 Å². The summed E-state index contributed by atoms with van der Waals surface area (Å²) in [5, 5.41) is 3.71. The summed E-state index contributed by atoms with van der Waals surface area (Å²) in [6.07, 6.45) is 1.24. The van der Waals surface area contributed by atoms with Crippen molar-refractivity contribution in [2.24, 2.45) is 0 Å². The van der Waals surface area contributed by atoms with Crippen molar-refractivity contribution in [3.63, 3.8) is 0 Å². The molecule has 0 atom stereocenters. The van der Waals surface area contributed by atoms with Crippen molar-refractivity contribution in [1.82, 2.24) is 10.3 Å². The van der Waals surface area contributed by atoms with E-state index in [1.807, 2.05) is 30.3 Å². The average Bonchev–Trinajstić information content (AvgIpc) is 3.39. The van der Waals surface area contributed by atoms with Crippen LogP contribution in [-0.2, 0) is 11.3 Å². The second kappa shape index (κ2) is 8.59. The van der Waals surface area contributed by atoms with Gasteiger partial charge in [-0.3, -0.25) is 9.59 Å². The summed E-state index contributed by atoms with van der Waals surface area (Å²) in [5.41, 5.74) is 2.53. The first-order valence-electron chi connectivity index (χ1n) is 10.0. The Balaban J connectivity index is 1.67. The molecule has 2 amide bonds. The lowest BCUT2D eigenvalue weighted by Crippen LogP contribution is -2.29. The highest BCUT2D eigenvalue weighted by Gasteiger charge is 2.30. The van der Waals surface area contributed by atoms with E-state index in [4.69, 9.17) is 14.2 Å². The Morgan fingerprint density at radius 3 is 2.48 bits per heavy atom. The van der Waals surface area contributed by atoms with Gasteiger partial charge in [0.25, 0.3) is 5.91 Å². The van der Waals surface area contributed by atoms with E-state index in [-0.39, 0.29) is 18.4 Å². The van der Waals surface area contributed by atoms with Crippen molar-refractivity contribution in [2.75, 3.05) is 32.8 Å². The molecule has 8 heteroatoms. The van der Waals surface area contributed by atoms with Crippen molar-refractivity contribution in [2.45, 2.75) is 19.4 Å². The molecule has 162 valence electrons. The van der Waals surface area contributed by atoms with Crippen LogP contribution in [0.2, 0.25) is 0 Å². The Morgan fingerprint density at radius 2 is 1.81 bits per heavy atom. The molecule has 0 radical (unpaired) electrons. The van der Waals surface area contributed by atoms with Gasteiger partial charge >= 0.3 is 0 Å². The summed E-state index contributed by atoms with van der Waals surface area (Å²) in [7, 11) is 4.74. The van der Waals surface area contributed by atoms with Crippen LogP contribution < -0.4 is 24.4 Å². The number of aromatic nitrogens is 1. The van der Waals surface area contributed by atoms with Gasteiger partial charge in [-0.15, -0.1) is 0 Å². The summed E-state index contributed by atoms with van der Waals surface area (Å²) in [4.78, 5) is 30.5. The van der Waals surface area contributed by atoms with E-state index in [1.165, 1.54) is 0 Å². The first kappa shape index (κ1) is 20.6. The van der Waals surface area contributed by atoms with Crippen molar-refractivity contribution in [1.29, 1.82) is 0 Å². The van der Waals surface area contributed by atoms with Gasteiger partial charge in [0.2, 0.25) is 5.91 Å². The van der Waals surface area contributed by atoms with Crippen LogP contribution in [0.25, 0.3) is 10.9 Å². The third kappa shape index (κ3) is 3.88. The van der Waals surface area contributed by atoms with Gasteiger partial charge in [-0.2, -0.15) is 0 Å². The Morgan fingerprint density at radius 1 is 1.06 bits per heavy atom. The number of amides is 2. The number of nitrogens with one attached hydrogen (secondary N) is 2. The molecule has 0 saturated carbocycles. The Kier molecular flexibility index (Phi) is 5.70. The molecular weight excluding hydrogens is 398 g/mol. The number of carbonyl (C=O) groups is 2. The second-order valence-corrected chi connectivity index (χ2v) is 7.27. The van der Waals surface area contributed by atoms with Crippen molar-refractivity contribution in [3.05, 3.63) is 47.7 Å². The van der Waals surface area contributed by atoms with E-state index < -0.39 is 0 Å². The molecular formula is C23H25N3O5. The number of H-pyrrole nitrogens is 1. The van der Waals surface area contributed by atoms with Gasteiger partial charge in [-0.05, 0) is 36.8 Å². The highest BCUT2D eigenvalue weighted by Crippen LogP contribution is 2.36. The molecule has 1 aromatic heterocycles. The number of hydrogen-bond acceptors (Lipinski definition) is 5. The van der Waals surface area contributed by atoms with Crippen LogP contribution in [0.1, 0.15) is 28.9 Å². The topological polar surface area (TPSA) is 92.9 Å². The predicted octanol–water partition coefficient (Wildman–Crippen LogP) is 3.25. The molecule has 2 N–H and O–H groups in total. The molecule has 3 aromatic rings. The first-order chi connectivity index (χ1) is 15.0. The Bertz CT molecular complexity index is 1140. The lowest BCUT2D eigenvalue weighted by atomic mass is 10.1. The summed E-state index contributed by atoms with van der Waals surface area (Å²) in [6, 6.07) is 10.9. The maximum atomic E-state index is 13.2. The van der Waals surface area contributed by atoms with Gasteiger partial charge < -0.3 is 29.4 Å². The number of fused-ring (bicyclic) bond motifs is 1. The first-order valence-corrected chi connectivity index (χ1v) is 10.0. The van der Waals surface area contributed by atoms with Crippen LogP contribution in [0, 0.1) is 0 Å². The molecule has 2 aromatic carbocycles. The van der Waals surface area contributed by atoms with Crippen LogP contribution in [0.4, 0.5) is 5.69 Å². The number of methoxy groups -OCH3 is 3. The van der Waals surface area contributed by atoms with E-state index in [2.05, 4.69) is 10.3 Å². The minimum Gasteiger partial charge on any atom is -0.497 e. The van der Waals surface area contributed by atoms with Gasteiger partial charge in [0.15, 0.2) is 0 Å². The predicted molar refractivity (Wildman–Crippen MR) is 117 cm³/mol. The molecule has 0 bridgehead atoms. The van der Waals surface area contributed by atoms with E-state index in [9.17, 15) is 9.59 Å². The quantitative estimate of drug-likeness (QED) is 0.609. The summed E-state index contributed by atoms with van der Waals surface area (Å²) in [5.74, 6) is 1.66. The van der Waals surface area contributed by atoms with Crippen LogP contribution in [0.3, 0.4) is 0 Å². The normalized spacial score (nSPS) is 13.5. The van der Waals surface area contributed by atoms with E-state index in [0.717, 1.165) is 22.9 Å². The number of aromatic amines is 1. The number of hydrogen-bond donors (Lipinski definition) is 2. The van der Waals surface area contributed by atoms with Crippen LogP contribution in [-0.4, -0.2) is 44.7 Å². The summed E-state index contributed by atoms with van der Waals surface area (Å²) in [6.45, 7) is 0.841. The zero-order valence-corrected chi connectivity index (χ0v) is 17.8. The third-order valence-corrected chi connectivity index (χ3v) is 5.48.